The van der Waals surface area contributed by atoms with E-state index in [9.17, 15) is 13.2 Å². The second-order valence-corrected chi connectivity index (χ2v) is 8.97. The molecule has 0 radical (unpaired) electrons. The van der Waals surface area contributed by atoms with E-state index in [2.05, 4.69) is 12.2 Å². The van der Waals surface area contributed by atoms with Crippen LogP contribution in [0.15, 0.2) is 48.5 Å². The van der Waals surface area contributed by atoms with Crippen LogP contribution in [0.3, 0.4) is 0 Å². The highest BCUT2D eigenvalue weighted by molar-refractivity contribution is 7.92. The van der Waals surface area contributed by atoms with Gasteiger partial charge < -0.3 is 14.8 Å². The van der Waals surface area contributed by atoms with Gasteiger partial charge in [0.05, 0.1) is 25.1 Å². The third kappa shape index (κ3) is 8.49. The van der Waals surface area contributed by atoms with Crippen LogP contribution in [0.25, 0.3) is 0 Å². The van der Waals surface area contributed by atoms with Crippen LogP contribution in [0.2, 0.25) is 0 Å². The number of hydrogen-bond donors (Lipinski definition) is 1. The van der Waals surface area contributed by atoms with Gasteiger partial charge in [-0.25, -0.2) is 8.42 Å². The first-order chi connectivity index (χ1) is 14.8. The number of sulfonamides is 1. The SMILES string of the molecule is CCOc1ccc(N(CCCC(=O)NCCOc2ccc(CC)cc2)S(C)(=O)=O)cc1. The summed E-state index contributed by atoms with van der Waals surface area (Å²) in [5.74, 6) is 1.32. The lowest BCUT2D eigenvalue weighted by Crippen LogP contribution is -2.32. The Balaban J connectivity index is 1.74. The fraction of sp³-hybridized carbons (Fsp3) is 0.435. The summed E-state index contributed by atoms with van der Waals surface area (Å²) in [5, 5.41) is 2.80. The minimum Gasteiger partial charge on any atom is -0.494 e. The van der Waals surface area contributed by atoms with Crippen LogP contribution >= 0.6 is 0 Å². The first-order valence-electron chi connectivity index (χ1n) is 10.5. The molecule has 0 aliphatic carbocycles. The van der Waals surface area contributed by atoms with Crippen LogP contribution in [0.1, 0.15) is 32.3 Å². The van der Waals surface area contributed by atoms with E-state index in [0.717, 1.165) is 18.4 Å². The number of ether oxygens (including phenoxy) is 2. The van der Waals surface area contributed by atoms with E-state index in [-0.39, 0.29) is 18.9 Å². The van der Waals surface area contributed by atoms with Crippen molar-refractivity contribution in [2.75, 3.05) is 36.9 Å². The van der Waals surface area contributed by atoms with E-state index in [4.69, 9.17) is 9.47 Å². The van der Waals surface area contributed by atoms with Crippen molar-refractivity contribution < 1.29 is 22.7 Å². The average Bonchev–Trinajstić information content (AvgIpc) is 2.75. The van der Waals surface area contributed by atoms with E-state index >= 15 is 0 Å². The molecule has 0 heterocycles. The van der Waals surface area contributed by atoms with Crippen LogP contribution in [0, 0.1) is 0 Å². The maximum atomic E-state index is 12.2. The van der Waals surface area contributed by atoms with Gasteiger partial charge in [0.25, 0.3) is 0 Å². The lowest BCUT2D eigenvalue weighted by Gasteiger charge is -2.22. The van der Waals surface area contributed by atoms with Gasteiger partial charge in [-0.05, 0) is 61.7 Å². The molecule has 0 aromatic heterocycles. The summed E-state index contributed by atoms with van der Waals surface area (Å²) in [6.45, 7) is 5.51. The zero-order chi connectivity index (χ0) is 22.7. The van der Waals surface area contributed by atoms with Crippen molar-refractivity contribution in [1.82, 2.24) is 5.32 Å². The van der Waals surface area contributed by atoms with E-state index in [0.29, 0.717) is 37.6 Å². The molecule has 1 N–H and O–H groups in total. The monoisotopic (exact) mass is 448 g/mol. The summed E-state index contributed by atoms with van der Waals surface area (Å²) in [7, 11) is -3.46. The topological polar surface area (TPSA) is 84.9 Å². The molecule has 0 spiro atoms. The number of aryl methyl sites for hydroxylation is 1. The summed E-state index contributed by atoms with van der Waals surface area (Å²) < 4.78 is 36.7. The average molecular weight is 449 g/mol. The molecule has 2 aromatic carbocycles. The Kier molecular flexibility index (Phi) is 9.65. The van der Waals surface area contributed by atoms with Crippen molar-refractivity contribution in [1.29, 1.82) is 0 Å². The van der Waals surface area contributed by atoms with E-state index in [1.54, 1.807) is 24.3 Å². The normalized spacial score (nSPS) is 11.1. The van der Waals surface area contributed by atoms with Crippen LogP contribution in [0.5, 0.6) is 11.5 Å². The third-order valence-electron chi connectivity index (χ3n) is 4.63. The van der Waals surface area contributed by atoms with Crippen LogP contribution in [-0.4, -0.2) is 46.9 Å². The Bertz CT molecular complexity index is 912. The van der Waals surface area contributed by atoms with Gasteiger partial charge >= 0.3 is 0 Å². The fourth-order valence-corrected chi connectivity index (χ4v) is 3.98. The van der Waals surface area contributed by atoms with Gasteiger partial charge in [-0.15, -0.1) is 0 Å². The van der Waals surface area contributed by atoms with Gasteiger partial charge in [0.1, 0.15) is 18.1 Å². The summed E-state index contributed by atoms with van der Waals surface area (Å²) in [5.41, 5.74) is 1.79. The number of nitrogens with zero attached hydrogens (tertiary/aromatic N) is 1. The van der Waals surface area contributed by atoms with Gasteiger partial charge in [0, 0.05) is 13.0 Å². The third-order valence-corrected chi connectivity index (χ3v) is 5.82. The molecule has 0 saturated heterocycles. The van der Waals surface area contributed by atoms with E-state index < -0.39 is 10.0 Å². The number of anilines is 1. The minimum atomic E-state index is -3.46. The number of rotatable bonds is 13. The van der Waals surface area contributed by atoms with Crippen molar-refractivity contribution in [2.45, 2.75) is 33.1 Å². The molecule has 0 fully saturated rings. The summed E-state index contributed by atoms with van der Waals surface area (Å²) in [6.07, 6.45) is 2.78. The number of hydrogen-bond acceptors (Lipinski definition) is 5. The predicted molar refractivity (Wildman–Crippen MR) is 123 cm³/mol. The molecule has 1 amide bonds. The quantitative estimate of drug-likeness (QED) is 0.475. The molecule has 0 saturated carbocycles. The predicted octanol–water partition coefficient (Wildman–Crippen LogP) is 3.39. The molecule has 2 aromatic rings. The molecule has 2 rings (SSSR count). The molecule has 170 valence electrons. The first kappa shape index (κ1) is 24.5. The van der Waals surface area contributed by atoms with Crippen molar-refractivity contribution in [3.63, 3.8) is 0 Å². The molecule has 0 bridgehead atoms. The lowest BCUT2D eigenvalue weighted by molar-refractivity contribution is -0.121. The van der Waals surface area contributed by atoms with Crippen LogP contribution in [-0.2, 0) is 21.2 Å². The Morgan fingerprint density at radius 3 is 2.16 bits per heavy atom. The highest BCUT2D eigenvalue weighted by Gasteiger charge is 2.17. The molecule has 0 aliphatic rings. The second-order valence-electron chi connectivity index (χ2n) is 7.06. The standard InChI is InChI=1S/C23H32N2O5S/c1-4-19-8-12-22(13-9-19)30-18-16-24-23(26)7-6-17-25(31(3,27)28)20-10-14-21(15-11-20)29-5-2/h8-15H,4-7,16-18H2,1-3H3,(H,24,26). The molecule has 8 heteroatoms. The lowest BCUT2D eigenvalue weighted by atomic mass is 10.2. The van der Waals surface area contributed by atoms with Gasteiger partial charge in [0.15, 0.2) is 0 Å². The molecule has 0 atom stereocenters. The van der Waals surface area contributed by atoms with Crippen LogP contribution in [0.4, 0.5) is 5.69 Å². The number of amides is 1. The maximum Gasteiger partial charge on any atom is 0.232 e. The van der Waals surface area contributed by atoms with Gasteiger partial charge in [-0.1, -0.05) is 19.1 Å². The van der Waals surface area contributed by atoms with Crippen LogP contribution < -0.4 is 19.1 Å². The Morgan fingerprint density at radius 2 is 1.58 bits per heavy atom. The molecule has 31 heavy (non-hydrogen) atoms. The number of carbonyl (C=O) groups excluding carboxylic acids is 1. The number of nitrogens with one attached hydrogen (secondary N) is 1. The van der Waals surface area contributed by atoms with Crippen molar-refractivity contribution in [3.05, 3.63) is 54.1 Å². The van der Waals surface area contributed by atoms with Crippen molar-refractivity contribution in [3.8, 4) is 11.5 Å². The summed E-state index contributed by atoms with van der Waals surface area (Å²) in [4.78, 5) is 12.1. The summed E-state index contributed by atoms with van der Waals surface area (Å²) in [6, 6.07) is 14.8. The Morgan fingerprint density at radius 1 is 0.968 bits per heavy atom. The fourth-order valence-electron chi connectivity index (χ4n) is 3.01. The van der Waals surface area contributed by atoms with Gasteiger partial charge in [-0.3, -0.25) is 9.10 Å². The van der Waals surface area contributed by atoms with Gasteiger partial charge in [0.2, 0.25) is 15.9 Å². The van der Waals surface area contributed by atoms with Crippen molar-refractivity contribution in [2.24, 2.45) is 0 Å². The van der Waals surface area contributed by atoms with E-state index in [1.165, 1.54) is 9.87 Å². The Labute approximate surface area is 185 Å². The highest BCUT2D eigenvalue weighted by atomic mass is 32.2. The number of carbonyl (C=O) groups is 1. The van der Waals surface area contributed by atoms with E-state index in [1.807, 2.05) is 31.2 Å². The molecular weight excluding hydrogens is 416 g/mol. The molecule has 0 unspecified atom stereocenters. The smallest absolute Gasteiger partial charge is 0.232 e. The maximum absolute atomic E-state index is 12.2. The second kappa shape index (κ2) is 12.2. The van der Waals surface area contributed by atoms with Crippen molar-refractivity contribution >= 4 is 21.6 Å². The summed E-state index contributed by atoms with van der Waals surface area (Å²) >= 11 is 0. The minimum absolute atomic E-state index is 0.134. The molecular formula is C23H32N2O5S. The van der Waals surface area contributed by atoms with Gasteiger partial charge in [-0.2, -0.15) is 0 Å². The Hall–Kier alpha value is -2.74. The zero-order valence-electron chi connectivity index (χ0n) is 18.5. The highest BCUT2D eigenvalue weighted by Crippen LogP contribution is 2.22. The number of benzene rings is 2. The molecule has 7 nitrogen and oxygen atoms in total. The molecule has 0 aliphatic heterocycles. The first-order valence-corrected chi connectivity index (χ1v) is 12.4. The zero-order valence-corrected chi connectivity index (χ0v) is 19.3. The largest absolute Gasteiger partial charge is 0.494 e.